The average Bonchev–Trinajstić information content (AvgIpc) is 4.44. The number of halogens is 4. The molecule has 1 fully saturated rings. The van der Waals surface area contributed by atoms with Crippen LogP contribution in [0.4, 0.5) is 17.6 Å². The van der Waals surface area contributed by atoms with Gasteiger partial charge in [0.1, 0.15) is 23.3 Å². The number of hydrogen-bond acceptors (Lipinski definition) is 3. The van der Waals surface area contributed by atoms with Crippen LogP contribution in [0.15, 0.2) is 213 Å². The zero-order chi connectivity index (χ0) is 53.0. The van der Waals surface area contributed by atoms with Crippen molar-refractivity contribution < 1.29 is 17.6 Å². The summed E-state index contributed by atoms with van der Waals surface area (Å²) in [4.78, 5) is 14.6. The molecule has 380 valence electrons. The first kappa shape index (κ1) is 48.8. The Morgan fingerprint density at radius 2 is 0.897 bits per heavy atom. The van der Waals surface area contributed by atoms with Crippen LogP contribution in [-0.4, -0.2) is 15.0 Å². The molecule has 0 amide bonds. The van der Waals surface area contributed by atoms with Crippen LogP contribution in [0.25, 0.3) is 78.3 Å². The molecule has 4 aliphatic carbocycles. The molecule has 14 rings (SSSR count). The Hall–Kier alpha value is -8.81. The van der Waals surface area contributed by atoms with Gasteiger partial charge in [0.05, 0.1) is 17.1 Å². The molecule has 3 heterocycles. The maximum atomic E-state index is 14.9. The van der Waals surface area contributed by atoms with E-state index in [0.717, 1.165) is 101 Å². The van der Waals surface area contributed by atoms with Gasteiger partial charge in [-0.3, -0.25) is 15.0 Å². The van der Waals surface area contributed by atoms with Gasteiger partial charge in [0.2, 0.25) is 0 Å². The van der Waals surface area contributed by atoms with Gasteiger partial charge in [-0.1, -0.05) is 133 Å². The van der Waals surface area contributed by atoms with E-state index in [4.69, 9.17) is 4.98 Å². The third kappa shape index (κ3) is 9.48. The Labute approximate surface area is 452 Å². The molecule has 0 saturated heterocycles. The lowest BCUT2D eigenvalue weighted by molar-refractivity contribution is 0.584. The van der Waals surface area contributed by atoms with E-state index in [2.05, 4.69) is 156 Å². The molecular formula is C71H53F4N3. The maximum Gasteiger partial charge on any atom is 0.135 e. The molecular weight excluding hydrogens is 971 g/mol. The second-order valence-electron chi connectivity index (χ2n) is 21.2. The topological polar surface area (TPSA) is 38.7 Å². The zero-order valence-corrected chi connectivity index (χ0v) is 43.2. The summed E-state index contributed by atoms with van der Waals surface area (Å²) in [6, 6.07) is 54.9. The fraction of sp³-hybridized carbons (Fsp3) is 0.141. The molecule has 3 aromatic heterocycles. The van der Waals surface area contributed by atoms with Gasteiger partial charge in [0.25, 0.3) is 0 Å². The van der Waals surface area contributed by atoms with Crippen LogP contribution in [0, 0.1) is 49.0 Å². The molecule has 3 nitrogen and oxygen atoms in total. The molecule has 7 aromatic carbocycles. The molecule has 0 radical (unpaired) electrons. The number of pyridine rings is 3. The van der Waals surface area contributed by atoms with Gasteiger partial charge in [-0.2, -0.15) is 0 Å². The highest BCUT2D eigenvalue weighted by molar-refractivity contribution is 5.93. The molecule has 7 heteroatoms. The predicted molar refractivity (Wildman–Crippen MR) is 306 cm³/mol. The summed E-state index contributed by atoms with van der Waals surface area (Å²) in [6.45, 7) is 4.01. The number of aryl methyl sites for hydroxylation is 6. The fourth-order valence-corrected chi connectivity index (χ4v) is 12.0. The number of allylic oxidation sites excluding steroid dienone is 4. The lowest BCUT2D eigenvalue weighted by Crippen LogP contribution is -2.01. The second-order valence-corrected chi connectivity index (χ2v) is 21.2. The second kappa shape index (κ2) is 20.3. The highest BCUT2D eigenvalue weighted by atomic mass is 19.1. The van der Waals surface area contributed by atoms with Gasteiger partial charge in [0, 0.05) is 58.9 Å². The third-order valence-electron chi connectivity index (χ3n) is 16.3. The van der Waals surface area contributed by atoms with Crippen molar-refractivity contribution in [1.29, 1.82) is 0 Å². The highest BCUT2D eigenvalue weighted by Crippen LogP contribution is 2.61. The van der Waals surface area contributed by atoms with Crippen molar-refractivity contribution in [1.82, 2.24) is 15.0 Å². The lowest BCUT2D eigenvalue weighted by Gasteiger charge is -2.18. The van der Waals surface area contributed by atoms with Crippen molar-refractivity contribution in [2.75, 3.05) is 0 Å². The summed E-state index contributed by atoms with van der Waals surface area (Å²) in [7, 11) is 0. The van der Waals surface area contributed by atoms with Crippen LogP contribution in [0.2, 0.25) is 0 Å². The van der Waals surface area contributed by atoms with Crippen LogP contribution in [0.5, 0.6) is 0 Å². The minimum Gasteiger partial charge on any atom is -0.256 e. The Bertz CT molecular complexity index is 3890. The van der Waals surface area contributed by atoms with Crippen LogP contribution in [0.3, 0.4) is 0 Å². The Kier molecular flexibility index (Phi) is 12.7. The molecule has 2 unspecified atom stereocenters. The van der Waals surface area contributed by atoms with E-state index in [-0.39, 0.29) is 17.0 Å². The first-order chi connectivity index (χ1) is 38.1. The molecule has 4 aliphatic rings. The minimum absolute atomic E-state index is 0.258. The molecule has 10 aromatic rings. The summed E-state index contributed by atoms with van der Waals surface area (Å²) in [5.74, 6) is -0.537. The standard InChI is InChI=1S/C71H53F4N3/c1-42-30-69(61-28-23-54(72)36-66(61)74)76-39-51(42)14-12-44-32-45(13-15-52-40-77-70(31-43(52)2)62-29-24-55(73)37-67(62)75)34-53(33-44)56-10-6-7-11-57(56)65-41-78-68(38-64(65)48-18-16-47(17-19-48)46-8-4-3-5-9-46)50-22-27-60-63(35-50)49-20-25-58-59(26-21-49)71(58)60/h3-11,16-41,49,58-59,71H,12-15H2,1-2H3. The van der Waals surface area contributed by atoms with Gasteiger partial charge in [0.15, 0.2) is 0 Å². The van der Waals surface area contributed by atoms with E-state index in [9.17, 15) is 17.6 Å². The third-order valence-corrected chi connectivity index (χ3v) is 16.3. The van der Waals surface area contributed by atoms with Crippen molar-refractivity contribution in [2.24, 2.45) is 11.8 Å². The fourth-order valence-electron chi connectivity index (χ4n) is 12.0. The smallest absolute Gasteiger partial charge is 0.135 e. The zero-order valence-electron chi connectivity index (χ0n) is 43.2. The molecule has 2 atom stereocenters. The van der Waals surface area contributed by atoms with Crippen LogP contribution < -0.4 is 0 Å². The monoisotopic (exact) mass is 1020 g/mol. The summed E-state index contributed by atoms with van der Waals surface area (Å²) in [6.07, 6.45) is 18.1. The van der Waals surface area contributed by atoms with E-state index in [0.29, 0.717) is 54.8 Å². The summed E-state index contributed by atoms with van der Waals surface area (Å²) in [5.41, 5.74) is 21.3. The SMILES string of the molecule is Cc1cc(-c2ccc(F)cc2F)ncc1CCc1cc(CCc2cnc(-c3ccc(F)cc3F)cc2C)cc(-c2ccccc2-c2cnc(-c3ccc4c(c3)C3C=CC5C(C=C3)C45)cc2-c2ccc(-c3ccccc3)cc2)c1. The molecule has 78 heavy (non-hydrogen) atoms. The number of hydrogen-bond donors (Lipinski definition) is 0. The van der Waals surface area contributed by atoms with E-state index in [1.165, 1.54) is 35.4 Å². The predicted octanol–water partition coefficient (Wildman–Crippen LogP) is 17.8. The minimum atomic E-state index is -0.647. The summed E-state index contributed by atoms with van der Waals surface area (Å²) < 4.78 is 57.3. The average molecular weight is 1020 g/mol. The first-order valence-electron chi connectivity index (χ1n) is 26.8. The normalized spacial score (nSPS) is 16.7. The number of rotatable bonds is 13. The van der Waals surface area contributed by atoms with E-state index in [1.54, 1.807) is 12.4 Å². The summed E-state index contributed by atoms with van der Waals surface area (Å²) in [5, 5.41) is 0. The van der Waals surface area contributed by atoms with Crippen LogP contribution >= 0.6 is 0 Å². The number of nitrogens with zero attached hydrogens (tertiary/aromatic N) is 3. The van der Waals surface area contributed by atoms with E-state index < -0.39 is 23.3 Å². The van der Waals surface area contributed by atoms with Gasteiger partial charge in [-0.05, 0) is 189 Å². The van der Waals surface area contributed by atoms with Crippen molar-refractivity contribution in [3.8, 4) is 78.3 Å². The van der Waals surface area contributed by atoms with Crippen molar-refractivity contribution in [2.45, 2.75) is 51.4 Å². The van der Waals surface area contributed by atoms with Crippen molar-refractivity contribution in [3.63, 3.8) is 0 Å². The van der Waals surface area contributed by atoms with E-state index in [1.807, 2.05) is 32.0 Å². The Morgan fingerprint density at radius 3 is 1.49 bits per heavy atom. The van der Waals surface area contributed by atoms with Crippen molar-refractivity contribution in [3.05, 3.63) is 281 Å². The largest absolute Gasteiger partial charge is 0.256 e. The Morgan fingerprint density at radius 1 is 0.359 bits per heavy atom. The molecule has 0 aliphatic heterocycles. The molecule has 1 saturated carbocycles. The van der Waals surface area contributed by atoms with Crippen molar-refractivity contribution >= 4 is 0 Å². The van der Waals surface area contributed by atoms with Crippen LogP contribution in [-0.2, 0) is 25.7 Å². The summed E-state index contributed by atoms with van der Waals surface area (Å²) >= 11 is 0. The lowest BCUT2D eigenvalue weighted by atomic mass is 9.87. The van der Waals surface area contributed by atoms with E-state index >= 15 is 0 Å². The Balaban J connectivity index is 0.881. The molecule has 4 bridgehead atoms. The maximum absolute atomic E-state index is 14.9. The number of benzene rings is 7. The van der Waals surface area contributed by atoms with Gasteiger partial charge < -0.3 is 0 Å². The van der Waals surface area contributed by atoms with Gasteiger partial charge in [-0.25, -0.2) is 17.6 Å². The van der Waals surface area contributed by atoms with Crippen LogP contribution in [0.1, 0.15) is 56.3 Å². The van der Waals surface area contributed by atoms with Gasteiger partial charge in [-0.15, -0.1) is 0 Å². The molecule has 0 spiro atoms. The first-order valence-corrected chi connectivity index (χ1v) is 26.8. The van der Waals surface area contributed by atoms with Gasteiger partial charge >= 0.3 is 0 Å². The number of aromatic nitrogens is 3. The molecule has 0 N–H and O–H groups in total. The quantitative estimate of drug-likeness (QED) is 0.0853. The highest BCUT2D eigenvalue weighted by Gasteiger charge is 2.51.